The van der Waals surface area contributed by atoms with Crippen LogP contribution in [-0.4, -0.2) is 6.29 Å². The molecule has 0 aromatic heterocycles. The standard InChI is InChI=1S/C13H7Br2FO2/c14-9-2-4-12(16)13(5-9)18-10-3-1-8(7-17)11(15)6-10/h1-7H. The van der Waals surface area contributed by atoms with Gasteiger partial charge in [-0.25, -0.2) is 4.39 Å². The van der Waals surface area contributed by atoms with Gasteiger partial charge in [0.25, 0.3) is 0 Å². The fraction of sp³-hybridized carbons (Fsp3) is 0. The van der Waals surface area contributed by atoms with Gasteiger partial charge in [-0.15, -0.1) is 0 Å². The van der Waals surface area contributed by atoms with E-state index in [9.17, 15) is 9.18 Å². The van der Waals surface area contributed by atoms with Gasteiger partial charge in [0.2, 0.25) is 0 Å². The average molecular weight is 374 g/mol. The second kappa shape index (κ2) is 5.63. The van der Waals surface area contributed by atoms with Crippen LogP contribution in [0.15, 0.2) is 45.3 Å². The van der Waals surface area contributed by atoms with Crippen molar-refractivity contribution < 1.29 is 13.9 Å². The van der Waals surface area contributed by atoms with E-state index in [1.165, 1.54) is 12.1 Å². The van der Waals surface area contributed by atoms with Crippen molar-refractivity contribution in [2.24, 2.45) is 0 Å². The molecule has 0 saturated carbocycles. The molecule has 18 heavy (non-hydrogen) atoms. The van der Waals surface area contributed by atoms with Crippen molar-refractivity contribution in [2.45, 2.75) is 0 Å². The Morgan fingerprint density at radius 3 is 2.56 bits per heavy atom. The maximum atomic E-state index is 13.5. The molecule has 0 spiro atoms. The van der Waals surface area contributed by atoms with Crippen LogP contribution in [0.25, 0.3) is 0 Å². The lowest BCUT2D eigenvalue weighted by molar-refractivity contribution is 0.112. The van der Waals surface area contributed by atoms with Gasteiger partial charge in [-0.1, -0.05) is 15.9 Å². The number of ether oxygens (including phenoxy) is 1. The second-order valence-electron chi connectivity index (χ2n) is 3.48. The summed E-state index contributed by atoms with van der Waals surface area (Å²) < 4.78 is 20.2. The van der Waals surface area contributed by atoms with E-state index in [4.69, 9.17) is 4.74 Å². The maximum Gasteiger partial charge on any atom is 0.165 e. The highest BCUT2D eigenvalue weighted by atomic mass is 79.9. The fourth-order valence-electron chi connectivity index (χ4n) is 1.35. The van der Waals surface area contributed by atoms with Gasteiger partial charge in [-0.05, 0) is 52.3 Å². The van der Waals surface area contributed by atoms with Crippen LogP contribution < -0.4 is 4.74 Å². The SMILES string of the molecule is O=Cc1ccc(Oc2cc(Br)ccc2F)cc1Br. The van der Waals surface area contributed by atoms with Gasteiger partial charge in [0.05, 0.1) is 0 Å². The normalized spacial score (nSPS) is 10.2. The zero-order chi connectivity index (χ0) is 13.1. The zero-order valence-electron chi connectivity index (χ0n) is 8.99. The van der Waals surface area contributed by atoms with E-state index in [-0.39, 0.29) is 5.75 Å². The first-order valence-electron chi connectivity index (χ1n) is 4.98. The Balaban J connectivity index is 2.31. The molecule has 92 valence electrons. The molecule has 0 amide bonds. The van der Waals surface area contributed by atoms with E-state index in [2.05, 4.69) is 31.9 Å². The molecule has 2 rings (SSSR count). The number of halogens is 3. The second-order valence-corrected chi connectivity index (χ2v) is 5.25. The highest BCUT2D eigenvalue weighted by Gasteiger charge is 2.07. The number of hydrogen-bond donors (Lipinski definition) is 0. The predicted octanol–water partition coefficient (Wildman–Crippen LogP) is 4.96. The molecular weight excluding hydrogens is 367 g/mol. The molecule has 0 aliphatic rings. The molecule has 5 heteroatoms. The molecule has 2 nitrogen and oxygen atoms in total. The first kappa shape index (κ1) is 13.2. The van der Waals surface area contributed by atoms with Gasteiger partial charge in [-0.2, -0.15) is 0 Å². The summed E-state index contributed by atoms with van der Waals surface area (Å²) in [5.41, 5.74) is 0.511. The minimum absolute atomic E-state index is 0.120. The van der Waals surface area contributed by atoms with E-state index in [1.807, 2.05) is 0 Å². The van der Waals surface area contributed by atoms with Gasteiger partial charge >= 0.3 is 0 Å². The highest BCUT2D eigenvalue weighted by molar-refractivity contribution is 9.10. The monoisotopic (exact) mass is 372 g/mol. The van der Waals surface area contributed by atoms with Gasteiger partial charge in [0.1, 0.15) is 5.75 Å². The Bertz CT molecular complexity index is 600. The third kappa shape index (κ3) is 2.97. The van der Waals surface area contributed by atoms with Crippen molar-refractivity contribution in [3.05, 3.63) is 56.7 Å². The number of aldehydes is 1. The quantitative estimate of drug-likeness (QED) is 0.711. The van der Waals surface area contributed by atoms with E-state index < -0.39 is 5.82 Å². The van der Waals surface area contributed by atoms with Crippen LogP contribution >= 0.6 is 31.9 Å². The van der Waals surface area contributed by atoms with E-state index >= 15 is 0 Å². The molecule has 0 aliphatic carbocycles. The summed E-state index contributed by atoms with van der Waals surface area (Å²) in [6.07, 6.45) is 0.730. The van der Waals surface area contributed by atoms with Crippen LogP contribution in [0.4, 0.5) is 4.39 Å². The fourth-order valence-corrected chi connectivity index (χ4v) is 2.14. The number of benzene rings is 2. The van der Waals surface area contributed by atoms with E-state index in [0.717, 1.165) is 10.8 Å². The van der Waals surface area contributed by atoms with Crippen molar-refractivity contribution >= 4 is 38.1 Å². The number of carbonyl (C=O) groups excluding carboxylic acids is 1. The van der Waals surface area contributed by atoms with E-state index in [1.54, 1.807) is 24.3 Å². The van der Waals surface area contributed by atoms with Crippen LogP contribution in [0.5, 0.6) is 11.5 Å². The first-order valence-corrected chi connectivity index (χ1v) is 6.56. The van der Waals surface area contributed by atoms with Crippen LogP contribution in [0, 0.1) is 5.82 Å². The van der Waals surface area contributed by atoms with Crippen molar-refractivity contribution in [3.63, 3.8) is 0 Å². The lowest BCUT2D eigenvalue weighted by Crippen LogP contribution is -1.90. The molecule has 2 aromatic carbocycles. The summed E-state index contributed by atoms with van der Waals surface area (Å²) in [5, 5.41) is 0. The van der Waals surface area contributed by atoms with Gasteiger partial charge < -0.3 is 4.74 Å². The average Bonchev–Trinajstić information content (AvgIpc) is 2.34. The number of rotatable bonds is 3. The molecule has 0 bridgehead atoms. The minimum Gasteiger partial charge on any atom is -0.454 e. The Labute approximate surface area is 120 Å². The molecular formula is C13H7Br2FO2. The Morgan fingerprint density at radius 1 is 1.11 bits per heavy atom. The Kier molecular flexibility index (Phi) is 4.14. The molecule has 0 unspecified atom stereocenters. The molecule has 0 fully saturated rings. The van der Waals surface area contributed by atoms with Crippen LogP contribution in [0.2, 0.25) is 0 Å². The van der Waals surface area contributed by atoms with Crippen LogP contribution in [-0.2, 0) is 0 Å². The Hall–Kier alpha value is -1.20. The summed E-state index contributed by atoms with van der Waals surface area (Å²) in [7, 11) is 0. The number of carbonyl (C=O) groups is 1. The van der Waals surface area contributed by atoms with Crippen molar-refractivity contribution in [2.75, 3.05) is 0 Å². The summed E-state index contributed by atoms with van der Waals surface area (Å²) >= 11 is 6.48. The zero-order valence-corrected chi connectivity index (χ0v) is 12.2. The van der Waals surface area contributed by atoms with Crippen LogP contribution in [0.1, 0.15) is 10.4 Å². The molecule has 2 aromatic rings. The first-order chi connectivity index (χ1) is 8.60. The molecule has 0 radical (unpaired) electrons. The summed E-state index contributed by atoms with van der Waals surface area (Å²) in [6, 6.07) is 9.26. The summed E-state index contributed by atoms with van der Waals surface area (Å²) in [6.45, 7) is 0. The summed E-state index contributed by atoms with van der Waals surface area (Å²) in [5.74, 6) is 0.119. The molecule has 0 aliphatic heterocycles. The lowest BCUT2D eigenvalue weighted by atomic mass is 10.2. The largest absolute Gasteiger partial charge is 0.454 e. The highest BCUT2D eigenvalue weighted by Crippen LogP contribution is 2.29. The van der Waals surface area contributed by atoms with Crippen LogP contribution in [0.3, 0.4) is 0 Å². The van der Waals surface area contributed by atoms with Gasteiger partial charge in [-0.3, -0.25) is 4.79 Å². The van der Waals surface area contributed by atoms with E-state index in [0.29, 0.717) is 15.8 Å². The summed E-state index contributed by atoms with van der Waals surface area (Å²) in [4.78, 5) is 10.7. The van der Waals surface area contributed by atoms with Crippen molar-refractivity contribution in [1.82, 2.24) is 0 Å². The van der Waals surface area contributed by atoms with Crippen molar-refractivity contribution in [1.29, 1.82) is 0 Å². The maximum absolute atomic E-state index is 13.5. The third-order valence-electron chi connectivity index (χ3n) is 2.22. The molecule has 0 atom stereocenters. The molecule has 0 N–H and O–H groups in total. The van der Waals surface area contributed by atoms with Gasteiger partial charge in [0, 0.05) is 14.5 Å². The smallest absolute Gasteiger partial charge is 0.165 e. The molecule has 0 saturated heterocycles. The van der Waals surface area contributed by atoms with Gasteiger partial charge in [0.15, 0.2) is 17.9 Å². The topological polar surface area (TPSA) is 26.3 Å². The predicted molar refractivity (Wildman–Crippen MR) is 73.7 cm³/mol. The number of hydrogen-bond acceptors (Lipinski definition) is 2. The minimum atomic E-state index is -0.450. The third-order valence-corrected chi connectivity index (χ3v) is 3.40. The lowest BCUT2D eigenvalue weighted by Gasteiger charge is -2.08. The Morgan fingerprint density at radius 2 is 1.89 bits per heavy atom. The van der Waals surface area contributed by atoms with Crippen molar-refractivity contribution in [3.8, 4) is 11.5 Å². The molecule has 0 heterocycles.